The second kappa shape index (κ2) is 9.94. The highest BCUT2D eigenvalue weighted by Gasteiger charge is 2.26. The van der Waals surface area contributed by atoms with Crippen molar-refractivity contribution in [3.8, 4) is 5.75 Å². The number of hydrogen-bond donors (Lipinski definition) is 0. The van der Waals surface area contributed by atoms with Crippen LogP contribution in [0.15, 0.2) is 53.4 Å². The molecule has 0 spiro atoms. The van der Waals surface area contributed by atoms with Crippen LogP contribution in [0, 0.1) is 0 Å². The van der Waals surface area contributed by atoms with E-state index < -0.39 is 35.0 Å². The van der Waals surface area contributed by atoms with E-state index in [0.29, 0.717) is 13.2 Å². The predicted molar refractivity (Wildman–Crippen MR) is 104 cm³/mol. The molecule has 0 bridgehead atoms. The molecule has 1 heterocycles. The first-order valence-electron chi connectivity index (χ1n) is 9.20. The Labute approximate surface area is 177 Å². The molecule has 2 aromatic carbocycles. The van der Waals surface area contributed by atoms with E-state index in [0.717, 1.165) is 0 Å². The van der Waals surface area contributed by atoms with E-state index >= 15 is 0 Å². The van der Waals surface area contributed by atoms with Crippen LogP contribution in [-0.2, 0) is 19.5 Å². The van der Waals surface area contributed by atoms with Crippen LogP contribution in [-0.4, -0.2) is 64.0 Å². The molecule has 8 nitrogen and oxygen atoms in total. The van der Waals surface area contributed by atoms with Gasteiger partial charge in [0.05, 0.1) is 23.7 Å². The van der Waals surface area contributed by atoms with Crippen molar-refractivity contribution >= 4 is 21.8 Å². The van der Waals surface area contributed by atoms with Gasteiger partial charge in [0.15, 0.2) is 12.4 Å². The molecular weight excluding hydrogens is 436 g/mol. The molecule has 3 rings (SSSR count). The number of Topliss-reactive ketones (excluding diaryl/α,β-unsaturated/α-hetero) is 1. The zero-order valence-electron chi connectivity index (χ0n) is 16.2. The average molecular weight is 455 g/mol. The van der Waals surface area contributed by atoms with E-state index in [2.05, 4.69) is 4.74 Å². The molecule has 1 aliphatic rings. The third-order valence-electron chi connectivity index (χ3n) is 4.43. The zero-order valence-corrected chi connectivity index (χ0v) is 17.0. The Balaban J connectivity index is 1.57. The summed E-state index contributed by atoms with van der Waals surface area (Å²) in [7, 11) is -3.68. The van der Waals surface area contributed by atoms with Gasteiger partial charge in [-0.2, -0.15) is 13.1 Å². The summed E-state index contributed by atoms with van der Waals surface area (Å²) < 4.78 is 65.1. The number of halogens is 2. The fourth-order valence-corrected chi connectivity index (χ4v) is 4.23. The van der Waals surface area contributed by atoms with Crippen LogP contribution in [0.25, 0.3) is 0 Å². The smallest absolute Gasteiger partial charge is 0.387 e. The highest BCUT2D eigenvalue weighted by Crippen LogP contribution is 2.18. The average Bonchev–Trinajstić information content (AvgIpc) is 2.78. The van der Waals surface area contributed by atoms with E-state index in [1.165, 1.54) is 52.8 Å². The lowest BCUT2D eigenvalue weighted by Gasteiger charge is -2.26. The fourth-order valence-electron chi connectivity index (χ4n) is 2.82. The second-order valence-corrected chi connectivity index (χ2v) is 8.38. The minimum atomic E-state index is -3.68. The minimum Gasteiger partial charge on any atom is -0.454 e. The van der Waals surface area contributed by atoms with Gasteiger partial charge in [-0.1, -0.05) is 0 Å². The summed E-state index contributed by atoms with van der Waals surface area (Å²) in [5, 5.41) is 0. The molecule has 1 saturated heterocycles. The molecule has 0 unspecified atom stereocenters. The second-order valence-electron chi connectivity index (χ2n) is 6.44. The van der Waals surface area contributed by atoms with Gasteiger partial charge in [-0.3, -0.25) is 4.79 Å². The number of rotatable bonds is 8. The van der Waals surface area contributed by atoms with Gasteiger partial charge >= 0.3 is 12.6 Å². The summed E-state index contributed by atoms with van der Waals surface area (Å²) >= 11 is 0. The summed E-state index contributed by atoms with van der Waals surface area (Å²) in [5.41, 5.74) is 0.232. The van der Waals surface area contributed by atoms with Gasteiger partial charge in [0.1, 0.15) is 5.75 Å². The third-order valence-corrected chi connectivity index (χ3v) is 6.35. The Kier molecular flexibility index (Phi) is 7.31. The van der Waals surface area contributed by atoms with Gasteiger partial charge in [-0.05, 0) is 48.5 Å². The maximum Gasteiger partial charge on any atom is 0.387 e. The Bertz CT molecular complexity index is 1020. The van der Waals surface area contributed by atoms with Crippen LogP contribution in [0.1, 0.15) is 20.7 Å². The van der Waals surface area contributed by atoms with Crippen molar-refractivity contribution in [1.29, 1.82) is 0 Å². The number of esters is 1. The third kappa shape index (κ3) is 5.84. The highest BCUT2D eigenvalue weighted by molar-refractivity contribution is 7.89. The van der Waals surface area contributed by atoms with Crippen LogP contribution < -0.4 is 4.74 Å². The number of carbonyl (C=O) groups excluding carboxylic acids is 2. The van der Waals surface area contributed by atoms with Gasteiger partial charge in [0, 0.05) is 18.7 Å². The number of ether oxygens (including phenoxy) is 3. The van der Waals surface area contributed by atoms with E-state index in [-0.39, 0.29) is 34.9 Å². The molecule has 0 saturated carbocycles. The van der Waals surface area contributed by atoms with Gasteiger partial charge < -0.3 is 14.2 Å². The zero-order chi connectivity index (χ0) is 22.4. The minimum absolute atomic E-state index is 0.0500. The molecule has 2 aromatic rings. The molecule has 166 valence electrons. The van der Waals surface area contributed by atoms with Gasteiger partial charge in [0.2, 0.25) is 10.0 Å². The van der Waals surface area contributed by atoms with Crippen LogP contribution >= 0.6 is 0 Å². The summed E-state index contributed by atoms with van der Waals surface area (Å²) in [6.45, 7) is -2.39. The number of alkyl halides is 2. The Morgan fingerprint density at radius 3 is 2.13 bits per heavy atom. The Morgan fingerprint density at radius 2 is 1.55 bits per heavy atom. The first-order chi connectivity index (χ1) is 14.8. The first kappa shape index (κ1) is 22.8. The SMILES string of the molecule is O=C(COC(=O)c1ccc(OC(F)F)cc1)c1ccc(S(=O)(=O)N2CCOCC2)cc1. The number of carbonyl (C=O) groups is 2. The molecule has 0 atom stereocenters. The number of nitrogens with zero attached hydrogens (tertiary/aromatic N) is 1. The van der Waals surface area contributed by atoms with Crippen LogP contribution in [0.2, 0.25) is 0 Å². The fraction of sp³-hybridized carbons (Fsp3) is 0.300. The van der Waals surface area contributed by atoms with Crippen molar-refractivity contribution in [2.24, 2.45) is 0 Å². The molecular formula is C20H19F2NO7S. The maximum absolute atomic E-state index is 12.6. The molecule has 1 fully saturated rings. The monoisotopic (exact) mass is 455 g/mol. The van der Waals surface area contributed by atoms with E-state index in [1.807, 2.05) is 0 Å². The summed E-state index contributed by atoms with van der Waals surface area (Å²) in [6, 6.07) is 10.2. The Morgan fingerprint density at radius 1 is 0.968 bits per heavy atom. The van der Waals surface area contributed by atoms with Crippen LogP contribution in [0.5, 0.6) is 5.75 Å². The summed E-state index contributed by atoms with van der Waals surface area (Å²) in [5.74, 6) is -1.46. The van der Waals surface area contributed by atoms with Crippen molar-refractivity contribution in [2.45, 2.75) is 11.5 Å². The lowest BCUT2D eigenvalue weighted by atomic mass is 10.1. The van der Waals surface area contributed by atoms with Crippen LogP contribution in [0.3, 0.4) is 0 Å². The number of ketones is 1. The van der Waals surface area contributed by atoms with Crippen molar-refractivity contribution in [3.05, 3.63) is 59.7 Å². The van der Waals surface area contributed by atoms with Gasteiger partial charge in [0.25, 0.3) is 0 Å². The molecule has 11 heteroatoms. The highest BCUT2D eigenvalue weighted by atomic mass is 32.2. The number of sulfonamides is 1. The molecule has 1 aliphatic heterocycles. The predicted octanol–water partition coefficient (Wildman–Crippen LogP) is 2.35. The molecule has 0 radical (unpaired) electrons. The lowest BCUT2D eigenvalue weighted by molar-refractivity contribution is -0.0498. The molecule has 31 heavy (non-hydrogen) atoms. The van der Waals surface area contributed by atoms with E-state index in [9.17, 15) is 26.8 Å². The quantitative estimate of drug-likeness (QED) is 0.445. The van der Waals surface area contributed by atoms with Crippen molar-refractivity contribution in [3.63, 3.8) is 0 Å². The molecule has 0 aromatic heterocycles. The summed E-state index contributed by atoms with van der Waals surface area (Å²) in [4.78, 5) is 24.3. The molecule has 0 N–H and O–H groups in total. The number of benzene rings is 2. The van der Waals surface area contributed by atoms with Gasteiger partial charge in [-0.15, -0.1) is 0 Å². The van der Waals surface area contributed by atoms with Crippen molar-refractivity contribution in [2.75, 3.05) is 32.9 Å². The molecule has 0 amide bonds. The standard InChI is InChI=1S/C20H19F2NO7S/c21-20(22)30-16-5-1-15(2-6-16)19(25)29-13-18(24)14-3-7-17(8-4-14)31(26,27)23-9-11-28-12-10-23/h1-8,20H,9-13H2. The van der Waals surface area contributed by atoms with Crippen molar-refractivity contribution in [1.82, 2.24) is 4.31 Å². The lowest BCUT2D eigenvalue weighted by Crippen LogP contribution is -2.40. The van der Waals surface area contributed by atoms with Crippen molar-refractivity contribution < 1.29 is 41.0 Å². The first-order valence-corrected chi connectivity index (χ1v) is 10.6. The topological polar surface area (TPSA) is 99.2 Å². The van der Waals surface area contributed by atoms with Gasteiger partial charge in [-0.25, -0.2) is 13.2 Å². The van der Waals surface area contributed by atoms with Crippen LogP contribution in [0.4, 0.5) is 8.78 Å². The molecule has 0 aliphatic carbocycles. The Hall–Kier alpha value is -2.89. The summed E-state index contributed by atoms with van der Waals surface area (Å²) in [6.07, 6.45) is 0. The number of hydrogen-bond acceptors (Lipinski definition) is 7. The normalized spacial score (nSPS) is 14.9. The largest absolute Gasteiger partial charge is 0.454 e. The number of morpholine rings is 1. The van der Waals surface area contributed by atoms with E-state index in [4.69, 9.17) is 9.47 Å². The maximum atomic E-state index is 12.6. The van der Waals surface area contributed by atoms with E-state index in [1.54, 1.807) is 0 Å².